The van der Waals surface area contributed by atoms with Gasteiger partial charge >= 0.3 is 0 Å². The lowest BCUT2D eigenvalue weighted by Gasteiger charge is -2.03. The van der Waals surface area contributed by atoms with Crippen LogP contribution in [0.3, 0.4) is 0 Å². The second kappa shape index (κ2) is 6.71. The first kappa shape index (κ1) is 12.4. The van der Waals surface area contributed by atoms with Crippen LogP contribution in [0.1, 0.15) is 0 Å². The molecule has 15 heavy (non-hydrogen) atoms. The average molecular weight is 245 g/mol. The van der Waals surface area contributed by atoms with Crippen LogP contribution in [0.5, 0.6) is 0 Å². The van der Waals surface area contributed by atoms with Gasteiger partial charge in [-0.2, -0.15) is 0 Å². The number of nitrogens with one attached hydrogen (secondary N) is 1. The van der Waals surface area contributed by atoms with Crippen molar-refractivity contribution in [3.63, 3.8) is 0 Å². The van der Waals surface area contributed by atoms with Crippen molar-refractivity contribution in [1.82, 2.24) is 5.32 Å². The molecule has 0 atom stereocenters. The van der Waals surface area contributed by atoms with Crippen molar-refractivity contribution in [3.8, 4) is 0 Å². The van der Waals surface area contributed by atoms with Crippen LogP contribution in [0.2, 0.25) is 5.02 Å². The van der Waals surface area contributed by atoms with E-state index in [0.29, 0.717) is 6.54 Å². The first-order valence-electron chi connectivity index (χ1n) is 4.57. The van der Waals surface area contributed by atoms with Crippen LogP contribution in [0.25, 0.3) is 0 Å². The van der Waals surface area contributed by atoms with Crippen molar-refractivity contribution in [2.45, 2.75) is 4.90 Å². The molecule has 3 N–H and O–H groups in total. The molecule has 3 nitrogen and oxygen atoms in total. The number of halogens is 1. The number of rotatable bonds is 5. The van der Waals surface area contributed by atoms with E-state index in [4.69, 9.17) is 17.3 Å². The van der Waals surface area contributed by atoms with Crippen LogP contribution in [0, 0.1) is 0 Å². The van der Waals surface area contributed by atoms with Gasteiger partial charge in [0.25, 0.3) is 0 Å². The summed E-state index contributed by atoms with van der Waals surface area (Å²) in [5.74, 6) is 0.708. The predicted octanol–water partition coefficient (Wildman–Crippen LogP) is 1.51. The van der Waals surface area contributed by atoms with E-state index in [-0.39, 0.29) is 12.5 Å². The minimum atomic E-state index is -0.119. The highest BCUT2D eigenvalue weighted by Crippen LogP contribution is 2.19. The number of nitrogens with two attached hydrogens (primary N) is 1. The monoisotopic (exact) mass is 244 g/mol. The number of amides is 1. The highest BCUT2D eigenvalue weighted by atomic mass is 35.5. The Kier molecular flexibility index (Phi) is 5.53. The topological polar surface area (TPSA) is 55.1 Å². The second-order valence-corrected chi connectivity index (χ2v) is 4.46. The zero-order valence-corrected chi connectivity index (χ0v) is 9.77. The third-order valence-electron chi connectivity index (χ3n) is 1.69. The summed E-state index contributed by atoms with van der Waals surface area (Å²) in [6, 6.07) is 7.61. The predicted molar refractivity (Wildman–Crippen MR) is 64.2 cm³/mol. The third-order valence-corrected chi connectivity index (χ3v) is 2.96. The first-order valence-corrected chi connectivity index (χ1v) is 5.94. The Morgan fingerprint density at radius 1 is 1.40 bits per heavy atom. The summed E-state index contributed by atoms with van der Waals surface area (Å²) in [5, 5.41) is 3.44. The van der Waals surface area contributed by atoms with E-state index in [0.717, 1.165) is 15.7 Å². The van der Waals surface area contributed by atoms with Gasteiger partial charge in [-0.15, -0.1) is 11.8 Å². The Labute approximate surface area is 98.4 Å². The van der Waals surface area contributed by atoms with Gasteiger partial charge in [0.2, 0.25) is 5.91 Å². The van der Waals surface area contributed by atoms with Gasteiger partial charge in [0.15, 0.2) is 0 Å². The number of benzene rings is 1. The molecule has 1 aromatic rings. The van der Waals surface area contributed by atoms with Gasteiger partial charge in [-0.25, -0.2) is 0 Å². The molecule has 0 heterocycles. The summed E-state index contributed by atoms with van der Waals surface area (Å²) in [6.07, 6.45) is 0. The fourth-order valence-electron chi connectivity index (χ4n) is 0.962. The average Bonchev–Trinajstić information content (AvgIpc) is 2.26. The molecule has 0 saturated heterocycles. The van der Waals surface area contributed by atoms with E-state index >= 15 is 0 Å². The molecule has 0 aliphatic rings. The molecule has 0 saturated carbocycles. The third kappa shape index (κ3) is 5.06. The minimum absolute atomic E-state index is 0.0472. The number of hydrogen-bond donors (Lipinski definition) is 2. The Bertz CT molecular complexity index is 316. The summed E-state index contributed by atoms with van der Waals surface area (Å²) in [7, 11) is 0. The quantitative estimate of drug-likeness (QED) is 0.610. The van der Waals surface area contributed by atoms with E-state index in [9.17, 15) is 4.79 Å². The zero-order valence-electron chi connectivity index (χ0n) is 8.20. The molecule has 5 heteroatoms. The van der Waals surface area contributed by atoms with Crippen LogP contribution in [-0.2, 0) is 4.79 Å². The van der Waals surface area contributed by atoms with E-state index in [2.05, 4.69) is 5.32 Å². The van der Waals surface area contributed by atoms with Gasteiger partial charge in [0, 0.05) is 22.2 Å². The van der Waals surface area contributed by atoms with Gasteiger partial charge in [-0.3, -0.25) is 4.79 Å². The van der Waals surface area contributed by atoms with Crippen molar-refractivity contribution in [3.05, 3.63) is 29.3 Å². The van der Waals surface area contributed by atoms with Crippen molar-refractivity contribution < 1.29 is 4.79 Å². The highest BCUT2D eigenvalue weighted by Gasteiger charge is 1.97. The molecule has 82 valence electrons. The fourth-order valence-corrected chi connectivity index (χ4v) is 1.86. The molecule has 0 aliphatic carbocycles. The maximum atomic E-state index is 10.8. The van der Waals surface area contributed by atoms with Crippen LogP contribution < -0.4 is 11.1 Å². The number of carbonyl (C=O) groups excluding carboxylic acids is 1. The van der Waals surface area contributed by atoms with Crippen LogP contribution in [-0.4, -0.2) is 24.7 Å². The standard InChI is InChI=1S/C10H13ClN2OS/c11-8-1-3-9(4-2-8)15-6-5-13-10(14)7-12/h1-4H,5-7,12H2,(H,13,14). The molecule has 0 bridgehead atoms. The highest BCUT2D eigenvalue weighted by molar-refractivity contribution is 7.99. The van der Waals surface area contributed by atoms with Gasteiger partial charge in [-0.1, -0.05) is 11.6 Å². The van der Waals surface area contributed by atoms with E-state index < -0.39 is 0 Å². The maximum Gasteiger partial charge on any atom is 0.233 e. The molecule has 0 unspecified atom stereocenters. The van der Waals surface area contributed by atoms with E-state index in [1.165, 1.54) is 0 Å². The van der Waals surface area contributed by atoms with Crippen molar-refractivity contribution >= 4 is 29.3 Å². The molecule has 0 spiro atoms. The summed E-state index contributed by atoms with van der Waals surface area (Å²) < 4.78 is 0. The molecule has 0 radical (unpaired) electrons. The summed E-state index contributed by atoms with van der Waals surface area (Å²) in [5.41, 5.74) is 5.15. The minimum Gasteiger partial charge on any atom is -0.354 e. The summed E-state index contributed by atoms with van der Waals surface area (Å²) >= 11 is 7.42. The van der Waals surface area contributed by atoms with Crippen LogP contribution >= 0.6 is 23.4 Å². The Balaban J connectivity index is 2.20. The Morgan fingerprint density at radius 3 is 2.67 bits per heavy atom. The van der Waals surface area contributed by atoms with Gasteiger partial charge in [0.05, 0.1) is 6.54 Å². The van der Waals surface area contributed by atoms with Crippen molar-refractivity contribution in [2.24, 2.45) is 5.73 Å². The lowest BCUT2D eigenvalue weighted by Crippen LogP contribution is -2.31. The molecule has 0 aromatic heterocycles. The van der Waals surface area contributed by atoms with Gasteiger partial charge in [0.1, 0.15) is 0 Å². The van der Waals surface area contributed by atoms with Crippen molar-refractivity contribution in [2.75, 3.05) is 18.8 Å². The number of carbonyl (C=O) groups is 1. The lowest BCUT2D eigenvalue weighted by molar-refractivity contribution is -0.119. The second-order valence-electron chi connectivity index (χ2n) is 2.86. The first-order chi connectivity index (χ1) is 7.22. The maximum absolute atomic E-state index is 10.8. The van der Waals surface area contributed by atoms with Gasteiger partial charge < -0.3 is 11.1 Å². The molecule has 1 rings (SSSR count). The molecule has 0 fully saturated rings. The SMILES string of the molecule is NCC(=O)NCCSc1ccc(Cl)cc1. The Hall–Kier alpha value is -0.710. The summed E-state index contributed by atoms with van der Waals surface area (Å²) in [4.78, 5) is 11.9. The van der Waals surface area contributed by atoms with Crippen molar-refractivity contribution in [1.29, 1.82) is 0 Å². The number of hydrogen-bond acceptors (Lipinski definition) is 3. The zero-order chi connectivity index (χ0) is 11.1. The number of thioether (sulfide) groups is 1. The molecule has 1 aromatic carbocycles. The fraction of sp³-hybridized carbons (Fsp3) is 0.300. The summed E-state index contributed by atoms with van der Waals surface area (Å²) in [6.45, 7) is 0.676. The van der Waals surface area contributed by atoms with Gasteiger partial charge in [-0.05, 0) is 24.3 Å². The van der Waals surface area contributed by atoms with Crippen LogP contribution in [0.4, 0.5) is 0 Å². The van der Waals surface area contributed by atoms with Crippen LogP contribution in [0.15, 0.2) is 29.2 Å². The normalized spacial score (nSPS) is 10.0. The molecular weight excluding hydrogens is 232 g/mol. The molecular formula is C10H13ClN2OS. The van der Waals surface area contributed by atoms with E-state index in [1.54, 1.807) is 11.8 Å². The largest absolute Gasteiger partial charge is 0.354 e. The molecule has 0 aliphatic heterocycles. The molecule has 1 amide bonds. The smallest absolute Gasteiger partial charge is 0.233 e. The Morgan fingerprint density at radius 2 is 2.07 bits per heavy atom. The van der Waals surface area contributed by atoms with E-state index in [1.807, 2.05) is 24.3 Å². The lowest BCUT2D eigenvalue weighted by atomic mass is 10.4.